The second-order valence-electron chi connectivity index (χ2n) is 3.72. The second kappa shape index (κ2) is 3.61. The molecular formula is C13H9BrO2. The van der Waals surface area contributed by atoms with Gasteiger partial charge in [0.15, 0.2) is 0 Å². The molecule has 0 bridgehead atoms. The standard InChI is InChI=1S/C13H9BrO2/c14-8-5-6-12-10(7-8)13(15)9-3-1-2-4-11(9)16-12/h1-7,13,15H. The molecule has 2 aromatic rings. The lowest BCUT2D eigenvalue weighted by atomic mass is 9.97. The van der Waals surface area contributed by atoms with Gasteiger partial charge < -0.3 is 9.84 Å². The summed E-state index contributed by atoms with van der Waals surface area (Å²) in [5.74, 6) is 1.44. The van der Waals surface area contributed by atoms with Gasteiger partial charge in [-0.3, -0.25) is 0 Å². The minimum atomic E-state index is -0.613. The number of para-hydroxylation sites is 1. The number of halogens is 1. The van der Waals surface area contributed by atoms with Crippen molar-refractivity contribution in [3.05, 3.63) is 58.1 Å². The van der Waals surface area contributed by atoms with Gasteiger partial charge in [-0.05, 0) is 24.3 Å². The van der Waals surface area contributed by atoms with Crippen LogP contribution in [0.3, 0.4) is 0 Å². The molecule has 0 spiro atoms. The predicted octanol–water partition coefficient (Wildman–Crippen LogP) is 3.64. The summed E-state index contributed by atoms with van der Waals surface area (Å²) in [6, 6.07) is 13.2. The molecule has 0 amide bonds. The van der Waals surface area contributed by atoms with Crippen molar-refractivity contribution in [2.75, 3.05) is 0 Å². The quantitative estimate of drug-likeness (QED) is 0.796. The first-order chi connectivity index (χ1) is 7.75. The molecule has 1 atom stereocenters. The smallest absolute Gasteiger partial charge is 0.133 e. The maximum Gasteiger partial charge on any atom is 0.133 e. The van der Waals surface area contributed by atoms with Gasteiger partial charge in [0.2, 0.25) is 0 Å². The van der Waals surface area contributed by atoms with Crippen LogP contribution in [-0.2, 0) is 0 Å². The van der Waals surface area contributed by atoms with Crippen molar-refractivity contribution in [2.45, 2.75) is 6.10 Å². The number of aliphatic hydroxyl groups excluding tert-OH is 1. The molecule has 3 heteroatoms. The highest BCUT2D eigenvalue weighted by Gasteiger charge is 2.24. The van der Waals surface area contributed by atoms with E-state index in [-0.39, 0.29) is 0 Å². The lowest BCUT2D eigenvalue weighted by molar-refractivity contribution is 0.203. The van der Waals surface area contributed by atoms with Crippen molar-refractivity contribution >= 4 is 15.9 Å². The summed E-state index contributed by atoms with van der Waals surface area (Å²) in [5, 5.41) is 10.2. The Kier molecular flexibility index (Phi) is 2.23. The van der Waals surface area contributed by atoms with Gasteiger partial charge in [-0.1, -0.05) is 34.1 Å². The van der Waals surface area contributed by atoms with E-state index in [1.165, 1.54) is 0 Å². The van der Waals surface area contributed by atoms with Crippen LogP contribution in [-0.4, -0.2) is 5.11 Å². The molecule has 0 radical (unpaired) electrons. The topological polar surface area (TPSA) is 29.5 Å². The van der Waals surface area contributed by atoms with Gasteiger partial charge in [-0.15, -0.1) is 0 Å². The molecule has 1 N–H and O–H groups in total. The van der Waals surface area contributed by atoms with Crippen molar-refractivity contribution in [1.29, 1.82) is 0 Å². The number of benzene rings is 2. The van der Waals surface area contributed by atoms with Crippen LogP contribution < -0.4 is 4.74 Å². The molecule has 2 aromatic carbocycles. The van der Waals surface area contributed by atoms with Gasteiger partial charge in [0.05, 0.1) is 0 Å². The van der Waals surface area contributed by atoms with Crippen LogP contribution in [0.4, 0.5) is 0 Å². The number of fused-ring (bicyclic) bond motifs is 2. The SMILES string of the molecule is OC1c2ccccc2Oc2ccc(Br)cc21. The lowest BCUT2D eigenvalue weighted by Gasteiger charge is -2.24. The van der Waals surface area contributed by atoms with Crippen LogP contribution in [0.1, 0.15) is 17.2 Å². The molecule has 0 aromatic heterocycles. The van der Waals surface area contributed by atoms with Crippen LogP contribution in [0.5, 0.6) is 11.5 Å². The third-order valence-electron chi connectivity index (χ3n) is 2.70. The Hall–Kier alpha value is -1.32. The number of ether oxygens (including phenoxy) is 1. The van der Waals surface area contributed by atoms with Gasteiger partial charge in [-0.2, -0.15) is 0 Å². The Bertz CT molecular complexity index is 551. The van der Waals surface area contributed by atoms with Gasteiger partial charge in [0.25, 0.3) is 0 Å². The normalized spacial score (nSPS) is 17.2. The van der Waals surface area contributed by atoms with Crippen molar-refractivity contribution < 1.29 is 9.84 Å². The van der Waals surface area contributed by atoms with Gasteiger partial charge in [0.1, 0.15) is 17.6 Å². The van der Waals surface area contributed by atoms with E-state index in [9.17, 15) is 5.11 Å². The van der Waals surface area contributed by atoms with Gasteiger partial charge >= 0.3 is 0 Å². The molecule has 80 valence electrons. The summed E-state index contributed by atoms with van der Waals surface area (Å²) < 4.78 is 6.66. The summed E-state index contributed by atoms with van der Waals surface area (Å²) in [4.78, 5) is 0. The van der Waals surface area contributed by atoms with E-state index in [0.29, 0.717) is 0 Å². The third-order valence-corrected chi connectivity index (χ3v) is 3.19. The average Bonchev–Trinajstić information content (AvgIpc) is 2.31. The third kappa shape index (κ3) is 1.44. The van der Waals surface area contributed by atoms with Gasteiger partial charge in [0, 0.05) is 15.6 Å². The van der Waals surface area contributed by atoms with Crippen molar-refractivity contribution in [3.63, 3.8) is 0 Å². The first kappa shape index (κ1) is 9.87. The molecule has 0 saturated heterocycles. The van der Waals surface area contributed by atoms with Crippen molar-refractivity contribution in [3.8, 4) is 11.5 Å². The fraction of sp³-hybridized carbons (Fsp3) is 0.0769. The van der Waals surface area contributed by atoms with E-state index in [1.807, 2.05) is 42.5 Å². The molecule has 1 heterocycles. The molecule has 1 aliphatic rings. The first-order valence-corrected chi connectivity index (χ1v) is 5.79. The van der Waals surface area contributed by atoms with Crippen LogP contribution in [0.25, 0.3) is 0 Å². The van der Waals surface area contributed by atoms with Crippen LogP contribution in [0.15, 0.2) is 46.9 Å². The summed E-state index contributed by atoms with van der Waals surface area (Å²) in [6.07, 6.45) is -0.613. The molecule has 3 rings (SSSR count). The zero-order chi connectivity index (χ0) is 11.1. The Morgan fingerprint density at radius 2 is 1.75 bits per heavy atom. The fourth-order valence-corrected chi connectivity index (χ4v) is 2.29. The van der Waals surface area contributed by atoms with E-state index < -0.39 is 6.10 Å². The largest absolute Gasteiger partial charge is 0.457 e. The van der Waals surface area contributed by atoms with Crippen LogP contribution >= 0.6 is 15.9 Å². The maximum atomic E-state index is 10.2. The second-order valence-corrected chi connectivity index (χ2v) is 4.64. The van der Waals surface area contributed by atoms with E-state index in [1.54, 1.807) is 0 Å². The van der Waals surface area contributed by atoms with Crippen LogP contribution in [0.2, 0.25) is 0 Å². The highest BCUT2D eigenvalue weighted by Crippen LogP contribution is 2.43. The highest BCUT2D eigenvalue weighted by molar-refractivity contribution is 9.10. The van der Waals surface area contributed by atoms with Crippen molar-refractivity contribution in [1.82, 2.24) is 0 Å². The van der Waals surface area contributed by atoms with Crippen LogP contribution in [0, 0.1) is 0 Å². The number of aliphatic hydroxyl groups is 1. The Morgan fingerprint density at radius 3 is 2.62 bits per heavy atom. The Balaban J connectivity index is 2.19. The first-order valence-electron chi connectivity index (χ1n) is 5.00. The number of hydrogen-bond donors (Lipinski definition) is 1. The van der Waals surface area contributed by atoms with E-state index >= 15 is 0 Å². The monoisotopic (exact) mass is 276 g/mol. The van der Waals surface area contributed by atoms with Crippen molar-refractivity contribution in [2.24, 2.45) is 0 Å². The molecule has 0 fully saturated rings. The lowest BCUT2D eigenvalue weighted by Crippen LogP contribution is -2.09. The zero-order valence-corrected chi connectivity index (χ0v) is 9.94. The molecule has 2 nitrogen and oxygen atoms in total. The summed E-state index contributed by atoms with van der Waals surface area (Å²) in [7, 11) is 0. The highest BCUT2D eigenvalue weighted by atomic mass is 79.9. The molecule has 1 aliphatic heterocycles. The maximum absolute atomic E-state index is 10.2. The predicted molar refractivity (Wildman–Crippen MR) is 64.7 cm³/mol. The molecule has 16 heavy (non-hydrogen) atoms. The number of rotatable bonds is 0. The average molecular weight is 277 g/mol. The Morgan fingerprint density at radius 1 is 1.00 bits per heavy atom. The minimum Gasteiger partial charge on any atom is -0.457 e. The molecule has 0 aliphatic carbocycles. The van der Waals surface area contributed by atoms with Gasteiger partial charge in [-0.25, -0.2) is 0 Å². The van der Waals surface area contributed by atoms with E-state index in [0.717, 1.165) is 27.1 Å². The number of hydrogen-bond acceptors (Lipinski definition) is 2. The van der Waals surface area contributed by atoms with E-state index in [4.69, 9.17) is 4.74 Å². The zero-order valence-electron chi connectivity index (χ0n) is 8.35. The van der Waals surface area contributed by atoms with E-state index in [2.05, 4.69) is 15.9 Å². The summed E-state index contributed by atoms with van der Waals surface area (Å²) in [5.41, 5.74) is 1.61. The Labute approximate surface area is 102 Å². The summed E-state index contributed by atoms with van der Waals surface area (Å²) >= 11 is 3.39. The fourth-order valence-electron chi connectivity index (χ4n) is 1.91. The molecule has 1 unspecified atom stereocenters. The molecule has 0 saturated carbocycles. The minimum absolute atomic E-state index is 0.613. The molecular weight excluding hydrogens is 268 g/mol. The summed E-state index contributed by atoms with van der Waals surface area (Å²) in [6.45, 7) is 0.